The van der Waals surface area contributed by atoms with Gasteiger partial charge in [-0.15, -0.1) is 0 Å². The van der Waals surface area contributed by atoms with Crippen molar-refractivity contribution in [3.05, 3.63) is 11.7 Å². The quantitative estimate of drug-likeness (QED) is 0.878. The van der Waals surface area contributed by atoms with Crippen molar-refractivity contribution in [2.45, 2.75) is 44.2 Å². The number of hydrogen-bond acceptors (Lipinski definition) is 6. The van der Waals surface area contributed by atoms with Gasteiger partial charge in [-0.1, -0.05) is 12.1 Å². The molecule has 2 aliphatic rings. The van der Waals surface area contributed by atoms with Crippen LogP contribution in [-0.4, -0.2) is 47.3 Å². The minimum atomic E-state index is -0.0536. The lowest BCUT2D eigenvalue weighted by atomic mass is 10.1. The fourth-order valence-corrected chi connectivity index (χ4v) is 2.96. The summed E-state index contributed by atoms with van der Waals surface area (Å²) in [5, 5.41) is 4.08. The predicted molar refractivity (Wildman–Crippen MR) is 69.7 cm³/mol. The number of morpholine rings is 1. The van der Waals surface area contributed by atoms with E-state index in [0.29, 0.717) is 24.3 Å². The fourth-order valence-electron chi connectivity index (χ4n) is 2.96. The molecule has 3 rings (SSSR count). The zero-order valence-corrected chi connectivity index (χ0v) is 11.4. The standard InChI is InChI=1S/C13H22N4O2/c1-2-9(6-14)13-15-12(16-19-13)11-7-17-5-3-4-10(17)8-18-11/h9-11H,2-8,14H2,1H3. The molecule has 3 unspecified atom stereocenters. The topological polar surface area (TPSA) is 77.4 Å². The van der Waals surface area contributed by atoms with Crippen molar-refractivity contribution in [2.24, 2.45) is 5.73 Å². The molecule has 0 spiro atoms. The van der Waals surface area contributed by atoms with E-state index in [9.17, 15) is 0 Å². The average Bonchev–Trinajstić information content (AvgIpc) is 3.08. The molecule has 0 bridgehead atoms. The van der Waals surface area contributed by atoms with Gasteiger partial charge in [-0.2, -0.15) is 4.98 Å². The lowest BCUT2D eigenvalue weighted by Crippen LogP contribution is -2.42. The highest BCUT2D eigenvalue weighted by Crippen LogP contribution is 2.29. The summed E-state index contributed by atoms with van der Waals surface area (Å²) in [5.41, 5.74) is 5.71. The van der Waals surface area contributed by atoms with E-state index in [1.54, 1.807) is 0 Å². The first-order valence-electron chi connectivity index (χ1n) is 7.21. The van der Waals surface area contributed by atoms with Crippen LogP contribution in [0.15, 0.2) is 4.52 Å². The van der Waals surface area contributed by atoms with E-state index in [2.05, 4.69) is 22.0 Å². The van der Waals surface area contributed by atoms with Crippen LogP contribution in [0.1, 0.15) is 49.9 Å². The normalized spacial score (nSPS) is 29.4. The van der Waals surface area contributed by atoms with Gasteiger partial charge in [0.25, 0.3) is 0 Å². The monoisotopic (exact) mass is 266 g/mol. The first-order chi connectivity index (χ1) is 9.31. The molecule has 2 N–H and O–H groups in total. The van der Waals surface area contributed by atoms with Gasteiger partial charge >= 0.3 is 0 Å². The maximum Gasteiger partial charge on any atom is 0.231 e. The van der Waals surface area contributed by atoms with Crippen molar-refractivity contribution >= 4 is 0 Å². The van der Waals surface area contributed by atoms with Crippen LogP contribution >= 0.6 is 0 Å². The Balaban J connectivity index is 1.69. The third-order valence-electron chi connectivity index (χ3n) is 4.26. The molecule has 0 amide bonds. The molecule has 6 heteroatoms. The summed E-state index contributed by atoms with van der Waals surface area (Å²) in [6.07, 6.45) is 3.37. The Morgan fingerprint density at radius 3 is 3.21 bits per heavy atom. The van der Waals surface area contributed by atoms with Crippen molar-refractivity contribution in [1.29, 1.82) is 0 Å². The molecular weight excluding hydrogens is 244 g/mol. The van der Waals surface area contributed by atoms with Crippen LogP contribution in [0, 0.1) is 0 Å². The first kappa shape index (κ1) is 13.0. The molecule has 0 saturated carbocycles. The van der Waals surface area contributed by atoms with E-state index in [1.165, 1.54) is 12.8 Å². The Morgan fingerprint density at radius 1 is 1.53 bits per heavy atom. The molecule has 2 saturated heterocycles. The number of ether oxygens (including phenoxy) is 1. The van der Waals surface area contributed by atoms with Crippen molar-refractivity contribution in [2.75, 3.05) is 26.2 Å². The average molecular weight is 266 g/mol. The summed E-state index contributed by atoms with van der Waals surface area (Å²) >= 11 is 0. The molecule has 2 aliphatic heterocycles. The second-order valence-electron chi connectivity index (χ2n) is 5.44. The number of fused-ring (bicyclic) bond motifs is 1. The van der Waals surface area contributed by atoms with Gasteiger partial charge in [0.1, 0.15) is 6.10 Å². The van der Waals surface area contributed by atoms with Crippen LogP contribution in [0.4, 0.5) is 0 Å². The van der Waals surface area contributed by atoms with E-state index in [-0.39, 0.29) is 12.0 Å². The minimum Gasteiger partial charge on any atom is -0.367 e. The molecule has 19 heavy (non-hydrogen) atoms. The number of nitrogens with zero attached hydrogens (tertiary/aromatic N) is 3. The zero-order chi connectivity index (χ0) is 13.2. The summed E-state index contributed by atoms with van der Waals surface area (Å²) in [7, 11) is 0. The fraction of sp³-hybridized carbons (Fsp3) is 0.846. The summed E-state index contributed by atoms with van der Waals surface area (Å²) in [6, 6.07) is 0.593. The molecule has 0 aliphatic carbocycles. The highest BCUT2D eigenvalue weighted by molar-refractivity contribution is 5.00. The van der Waals surface area contributed by atoms with Crippen molar-refractivity contribution in [1.82, 2.24) is 15.0 Å². The van der Waals surface area contributed by atoms with Gasteiger partial charge in [-0.05, 0) is 25.8 Å². The third-order valence-corrected chi connectivity index (χ3v) is 4.26. The number of aromatic nitrogens is 2. The van der Waals surface area contributed by atoms with Crippen LogP contribution in [0.2, 0.25) is 0 Å². The third kappa shape index (κ3) is 2.52. The minimum absolute atomic E-state index is 0.0536. The molecule has 3 heterocycles. The van der Waals surface area contributed by atoms with E-state index in [1.807, 2.05) is 0 Å². The summed E-state index contributed by atoms with van der Waals surface area (Å²) in [6.45, 7) is 5.44. The SMILES string of the molecule is CCC(CN)c1nc(C2CN3CCCC3CO2)no1. The highest BCUT2D eigenvalue weighted by atomic mass is 16.5. The van der Waals surface area contributed by atoms with Crippen LogP contribution in [0.3, 0.4) is 0 Å². The molecule has 1 aromatic rings. The van der Waals surface area contributed by atoms with Crippen molar-refractivity contribution < 1.29 is 9.26 Å². The Hall–Kier alpha value is -0.980. The van der Waals surface area contributed by atoms with Gasteiger partial charge in [-0.25, -0.2) is 0 Å². The van der Waals surface area contributed by atoms with E-state index in [0.717, 1.165) is 26.1 Å². The second-order valence-corrected chi connectivity index (χ2v) is 5.44. The van der Waals surface area contributed by atoms with E-state index < -0.39 is 0 Å². The summed E-state index contributed by atoms with van der Waals surface area (Å²) < 4.78 is 11.2. The van der Waals surface area contributed by atoms with Gasteiger partial charge in [0, 0.05) is 19.1 Å². The maximum absolute atomic E-state index is 5.88. The number of rotatable bonds is 4. The molecule has 3 atom stereocenters. The number of nitrogens with two attached hydrogens (primary N) is 1. The smallest absolute Gasteiger partial charge is 0.231 e. The van der Waals surface area contributed by atoms with Gasteiger partial charge in [0.15, 0.2) is 0 Å². The molecule has 0 radical (unpaired) electrons. The molecule has 2 fully saturated rings. The van der Waals surface area contributed by atoms with E-state index >= 15 is 0 Å². The van der Waals surface area contributed by atoms with Crippen LogP contribution in [0.25, 0.3) is 0 Å². The summed E-state index contributed by atoms with van der Waals surface area (Å²) in [5.74, 6) is 1.48. The lowest BCUT2D eigenvalue weighted by Gasteiger charge is -2.33. The van der Waals surface area contributed by atoms with Crippen LogP contribution in [0.5, 0.6) is 0 Å². The largest absolute Gasteiger partial charge is 0.367 e. The Labute approximate surface area is 113 Å². The molecule has 106 valence electrons. The predicted octanol–water partition coefficient (Wildman–Crippen LogP) is 1.06. The van der Waals surface area contributed by atoms with Gasteiger partial charge in [0.2, 0.25) is 11.7 Å². The van der Waals surface area contributed by atoms with Crippen molar-refractivity contribution in [3.8, 4) is 0 Å². The van der Waals surface area contributed by atoms with Crippen LogP contribution in [-0.2, 0) is 4.74 Å². The molecule has 6 nitrogen and oxygen atoms in total. The molecule has 0 aromatic carbocycles. The Bertz CT molecular complexity index is 419. The second kappa shape index (κ2) is 5.56. The maximum atomic E-state index is 5.88. The highest BCUT2D eigenvalue weighted by Gasteiger charge is 2.35. The van der Waals surface area contributed by atoms with Gasteiger partial charge in [0.05, 0.1) is 12.5 Å². The Morgan fingerprint density at radius 2 is 2.42 bits per heavy atom. The molecular formula is C13H22N4O2. The van der Waals surface area contributed by atoms with Gasteiger partial charge < -0.3 is 15.0 Å². The number of hydrogen-bond donors (Lipinski definition) is 1. The Kier molecular flexibility index (Phi) is 3.81. The van der Waals surface area contributed by atoms with Gasteiger partial charge in [-0.3, -0.25) is 4.90 Å². The zero-order valence-electron chi connectivity index (χ0n) is 11.4. The van der Waals surface area contributed by atoms with Crippen molar-refractivity contribution in [3.63, 3.8) is 0 Å². The summed E-state index contributed by atoms with van der Waals surface area (Å²) in [4.78, 5) is 6.96. The first-order valence-corrected chi connectivity index (χ1v) is 7.21. The van der Waals surface area contributed by atoms with E-state index in [4.69, 9.17) is 15.0 Å². The van der Waals surface area contributed by atoms with Crippen LogP contribution < -0.4 is 5.73 Å². The lowest BCUT2D eigenvalue weighted by molar-refractivity contribution is -0.0548. The molecule has 1 aromatic heterocycles.